The number of pyridine rings is 1. The van der Waals surface area contributed by atoms with Gasteiger partial charge in [-0.3, -0.25) is 9.78 Å². The molecular weight excluding hydrogens is 347 g/mol. The molecule has 0 saturated carbocycles. The van der Waals surface area contributed by atoms with Crippen LogP contribution in [0.3, 0.4) is 0 Å². The van der Waals surface area contributed by atoms with Crippen molar-refractivity contribution in [3.05, 3.63) is 58.3 Å². The van der Waals surface area contributed by atoms with Gasteiger partial charge in [-0.15, -0.1) is 0 Å². The van der Waals surface area contributed by atoms with Crippen LogP contribution in [0.1, 0.15) is 31.0 Å². The Labute approximate surface area is 151 Å². The first kappa shape index (κ1) is 17.1. The first-order valence-corrected chi connectivity index (χ1v) is 8.69. The molecule has 3 rings (SSSR count). The van der Waals surface area contributed by atoms with Gasteiger partial charge in [-0.25, -0.2) is 0 Å². The van der Waals surface area contributed by atoms with Crippen molar-refractivity contribution in [3.8, 4) is 5.75 Å². The molecule has 1 aromatic heterocycles. The van der Waals surface area contributed by atoms with Crippen LogP contribution in [0.15, 0.2) is 42.6 Å². The molecule has 1 saturated heterocycles. The lowest BCUT2D eigenvalue weighted by molar-refractivity contribution is -0.137. The minimum Gasteiger partial charge on any atom is -0.482 e. The lowest BCUT2D eigenvalue weighted by Crippen LogP contribution is -2.41. The normalized spacial score (nSPS) is 17.6. The number of piperidine rings is 1. The van der Waals surface area contributed by atoms with Crippen molar-refractivity contribution in [2.75, 3.05) is 13.2 Å². The smallest absolute Gasteiger partial charge is 0.261 e. The number of aromatic nitrogens is 1. The number of amides is 1. The maximum absolute atomic E-state index is 12.6. The maximum atomic E-state index is 12.6. The number of benzene rings is 1. The molecule has 0 aliphatic carbocycles. The SMILES string of the molecule is O=C(COc1ccc(Cl)cc1Cl)N1CCCC[C@H]1c1ccccn1. The van der Waals surface area contributed by atoms with Gasteiger partial charge in [0.25, 0.3) is 5.91 Å². The second-order valence-corrected chi connectivity index (χ2v) is 6.56. The minimum absolute atomic E-state index is 0.0109. The molecule has 24 heavy (non-hydrogen) atoms. The van der Waals surface area contributed by atoms with E-state index in [0.29, 0.717) is 15.8 Å². The van der Waals surface area contributed by atoms with Gasteiger partial charge in [0.15, 0.2) is 6.61 Å². The molecular formula is C18H18Cl2N2O2. The second-order valence-electron chi connectivity index (χ2n) is 5.72. The Morgan fingerprint density at radius 3 is 2.88 bits per heavy atom. The van der Waals surface area contributed by atoms with E-state index in [9.17, 15) is 4.79 Å². The molecule has 1 aromatic carbocycles. The number of hydrogen-bond donors (Lipinski definition) is 0. The first-order valence-electron chi connectivity index (χ1n) is 7.93. The second kappa shape index (κ2) is 7.86. The van der Waals surface area contributed by atoms with Crippen molar-refractivity contribution < 1.29 is 9.53 Å². The van der Waals surface area contributed by atoms with Crippen LogP contribution in [0.5, 0.6) is 5.75 Å². The Bertz CT molecular complexity index is 709. The van der Waals surface area contributed by atoms with Crippen molar-refractivity contribution in [2.24, 2.45) is 0 Å². The number of likely N-dealkylation sites (tertiary alicyclic amines) is 1. The van der Waals surface area contributed by atoms with E-state index in [0.717, 1.165) is 31.5 Å². The maximum Gasteiger partial charge on any atom is 0.261 e. The quantitative estimate of drug-likeness (QED) is 0.800. The molecule has 1 fully saturated rings. The van der Waals surface area contributed by atoms with Gasteiger partial charge in [-0.2, -0.15) is 0 Å². The molecule has 0 unspecified atom stereocenters. The summed E-state index contributed by atoms with van der Waals surface area (Å²) in [5.74, 6) is 0.400. The number of ether oxygens (including phenoxy) is 1. The summed E-state index contributed by atoms with van der Waals surface area (Å²) in [6.45, 7) is 0.669. The van der Waals surface area contributed by atoms with E-state index in [1.165, 1.54) is 0 Å². The fraction of sp³-hybridized carbons (Fsp3) is 0.333. The number of halogens is 2. The van der Waals surface area contributed by atoms with E-state index in [4.69, 9.17) is 27.9 Å². The Hall–Kier alpha value is -1.78. The van der Waals surface area contributed by atoms with Gasteiger partial charge in [-0.05, 0) is 49.6 Å². The zero-order valence-corrected chi connectivity index (χ0v) is 14.6. The van der Waals surface area contributed by atoms with Crippen molar-refractivity contribution in [3.63, 3.8) is 0 Å². The van der Waals surface area contributed by atoms with Crippen LogP contribution in [0, 0.1) is 0 Å². The number of carbonyl (C=O) groups excluding carboxylic acids is 1. The van der Waals surface area contributed by atoms with E-state index in [1.807, 2.05) is 23.1 Å². The Morgan fingerprint density at radius 1 is 1.25 bits per heavy atom. The molecule has 0 radical (unpaired) electrons. The van der Waals surface area contributed by atoms with E-state index in [2.05, 4.69) is 4.98 Å². The highest BCUT2D eigenvalue weighted by atomic mass is 35.5. The summed E-state index contributed by atoms with van der Waals surface area (Å²) in [6, 6.07) is 10.8. The number of rotatable bonds is 4. The van der Waals surface area contributed by atoms with E-state index >= 15 is 0 Å². The third kappa shape index (κ3) is 4.00. The van der Waals surface area contributed by atoms with Crippen LogP contribution in [0.4, 0.5) is 0 Å². The highest BCUT2D eigenvalue weighted by Gasteiger charge is 2.29. The Morgan fingerprint density at radius 2 is 2.12 bits per heavy atom. The van der Waals surface area contributed by atoms with E-state index < -0.39 is 0 Å². The topological polar surface area (TPSA) is 42.4 Å². The van der Waals surface area contributed by atoms with Crippen molar-refractivity contribution in [1.29, 1.82) is 0 Å². The van der Waals surface area contributed by atoms with Gasteiger partial charge in [0.2, 0.25) is 0 Å². The summed E-state index contributed by atoms with van der Waals surface area (Å²) < 4.78 is 5.59. The monoisotopic (exact) mass is 364 g/mol. The van der Waals surface area contributed by atoms with Crippen LogP contribution < -0.4 is 4.74 Å². The minimum atomic E-state index is -0.0589. The lowest BCUT2D eigenvalue weighted by atomic mass is 9.99. The third-order valence-electron chi connectivity index (χ3n) is 4.10. The van der Waals surface area contributed by atoms with E-state index in [-0.39, 0.29) is 18.6 Å². The van der Waals surface area contributed by atoms with Crippen molar-refractivity contribution >= 4 is 29.1 Å². The van der Waals surface area contributed by atoms with Gasteiger partial charge in [-0.1, -0.05) is 29.3 Å². The molecule has 0 spiro atoms. The van der Waals surface area contributed by atoms with Gasteiger partial charge in [0.05, 0.1) is 16.8 Å². The fourth-order valence-electron chi connectivity index (χ4n) is 2.93. The summed E-state index contributed by atoms with van der Waals surface area (Å²) in [5.41, 5.74) is 0.926. The van der Waals surface area contributed by atoms with Crippen LogP contribution in [-0.4, -0.2) is 28.9 Å². The highest BCUT2D eigenvalue weighted by Crippen LogP contribution is 2.31. The predicted octanol–water partition coefficient (Wildman–Crippen LogP) is 4.52. The molecule has 2 heterocycles. The van der Waals surface area contributed by atoms with Gasteiger partial charge in [0.1, 0.15) is 5.75 Å². The number of hydrogen-bond acceptors (Lipinski definition) is 3. The molecule has 1 aliphatic rings. The van der Waals surface area contributed by atoms with Crippen molar-refractivity contribution in [1.82, 2.24) is 9.88 Å². The molecule has 1 atom stereocenters. The fourth-order valence-corrected chi connectivity index (χ4v) is 3.39. The molecule has 0 bridgehead atoms. The predicted molar refractivity (Wildman–Crippen MR) is 94.5 cm³/mol. The zero-order chi connectivity index (χ0) is 16.9. The summed E-state index contributed by atoms with van der Waals surface area (Å²) >= 11 is 11.9. The Balaban J connectivity index is 1.68. The number of nitrogens with zero attached hydrogens (tertiary/aromatic N) is 2. The highest BCUT2D eigenvalue weighted by molar-refractivity contribution is 6.35. The Kier molecular flexibility index (Phi) is 5.59. The summed E-state index contributed by atoms with van der Waals surface area (Å²) in [6.07, 6.45) is 4.77. The summed E-state index contributed by atoms with van der Waals surface area (Å²) in [5, 5.41) is 0.931. The standard InChI is InChI=1S/C18H18Cl2N2O2/c19-13-7-8-17(14(20)11-13)24-12-18(23)22-10-4-2-6-16(22)15-5-1-3-9-21-15/h1,3,5,7-9,11,16H,2,4,6,10,12H2/t16-/m0/s1. The van der Waals surface area contributed by atoms with Gasteiger partial charge < -0.3 is 9.64 Å². The summed E-state index contributed by atoms with van der Waals surface area (Å²) in [7, 11) is 0. The molecule has 6 heteroatoms. The third-order valence-corrected chi connectivity index (χ3v) is 4.63. The van der Waals surface area contributed by atoms with Crippen LogP contribution in [0.25, 0.3) is 0 Å². The largest absolute Gasteiger partial charge is 0.482 e. The number of carbonyl (C=O) groups is 1. The lowest BCUT2D eigenvalue weighted by Gasteiger charge is -2.35. The summed E-state index contributed by atoms with van der Waals surface area (Å²) in [4.78, 5) is 18.9. The van der Waals surface area contributed by atoms with Gasteiger partial charge >= 0.3 is 0 Å². The molecule has 2 aromatic rings. The van der Waals surface area contributed by atoms with Crippen molar-refractivity contribution in [2.45, 2.75) is 25.3 Å². The molecule has 4 nitrogen and oxygen atoms in total. The van der Waals surface area contributed by atoms with E-state index in [1.54, 1.807) is 24.4 Å². The molecule has 126 valence electrons. The average Bonchev–Trinajstić information content (AvgIpc) is 2.61. The average molecular weight is 365 g/mol. The molecule has 1 amide bonds. The van der Waals surface area contributed by atoms with Crippen LogP contribution in [0.2, 0.25) is 10.0 Å². The molecule has 1 aliphatic heterocycles. The van der Waals surface area contributed by atoms with Crippen LogP contribution in [-0.2, 0) is 4.79 Å². The van der Waals surface area contributed by atoms with Gasteiger partial charge in [0, 0.05) is 17.8 Å². The zero-order valence-electron chi connectivity index (χ0n) is 13.1. The van der Waals surface area contributed by atoms with Crippen LogP contribution >= 0.6 is 23.2 Å². The molecule has 0 N–H and O–H groups in total. The first-order chi connectivity index (χ1) is 11.6.